The van der Waals surface area contributed by atoms with E-state index in [-0.39, 0.29) is 0 Å². The lowest BCUT2D eigenvalue weighted by atomic mass is 10.4. The SMILES string of the molecule is CO/N=C/c1cc(C=O)n(-c2ncccc2Cl)n1. The Hall–Kier alpha value is -2.21. The van der Waals surface area contributed by atoms with Gasteiger partial charge >= 0.3 is 0 Å². The number of pyridine rings is 1. The summed E-state index contributed by atoms with van der Waals surface area (Å²) in [5, 5.41) is 8.14. The fourth-order valence-electron chi connectivity index (χ4n) is 1.37. The van der Waals surface area contributed by atoms with E-state index >= 15 is 0 Å². The third kappa shape index (κ3) is 2.38. The molecule has 0 aliphatic heterocycles. The highest BCUT2D eigenvalue weighted by Crippen LogP contribution is 2.18. The number of oxime groups is 1. The van der Waals surface area contributed by atoms with Crippen LogP contribution in [0.15, 0.2) is 29.6 Å². The van der Waals surface area contributed by atoms with E-state index in [0.717, 1.165) is 0 Å². The van der Waals surface area contributed by atoms with Crippen molar-refractivity contribution in [3.63, 3.8) is 0 Å². The number of rotatable bonds is 4. The molecular formula is C11H9ClN4O2. The molecule has 18 heavy (non-hydrogen) atoms. The molecule has 0 atom stereocenters. The van der Waals surface area contributed by atoms with Crippen LogP contribution in [0.1, 0.15) is 16.2 Å². The molecule has 2 aromatic rings. The van der Waals surface area contributed by atoms with Gasteiger partial charge in [0, 0.05) is 6.20 Å². The first-order valence-electron chi connectivity index (χ1n) is 4.99. The minimum absolute atomic E-state index is 0.327. The second-order valence-electron chi connectivity index (χ2n) is 3.25. The Morgan fingerprint density at radius 3 is 3.06 bits per heavy atom. The lowest BCUT2D eigenvalue weighted by Gasteiger charge is -2.03. The van der Waals surface area contributed by atoms with Crippen molar-refractivity contribution in [2.24, 2.45) is 5.16 Å². The number of hydrogen-bond donors (Lipinski definition) is 0. The molecule has 0 unspecified atom stereocenters. The van der Waals surface area contributed by atoms with Crippen LogP contribution in [-0.4, -0.2) is 34.4 Å². The molecule has 6 nitrogen and oxygen atoms in total. The highest BCUT2D eigenvalue weighted by Gasteiger charge is 2.11. The summed E-state index contributed by atoms with van der Waals surface area (Å²) in [6.45, 7) is 0. The summed E-state index contributed by atoms with van der Waals surface area (Å²) in [6.07, 6.45) is 3.63. The van der Waals surface area contributed by atoms with Crippen LogP contribution in [0.25, 0.3) is 5.82 Å². The summed E-state index contributed by atoms with van der Waals surface area (Å²) in [4.78, 5) is 19.6. The van der Waals surface area contributed by atoms with Gasteiger partial charge in [-0.1, -0.05) is 16.8 Å². The van der Waals surface area contributed by atoms with Gasteiger partial charge in [-0.15, -0.1) is 0 Å². The van der Waals surface area contributed by atoms with E-state index in [1.807, 2.05) is 0 Å². The molecule has 0 spiro atoms. The van der Waals surface area contributed by atoms with Crippen LogP contribution >= 0.6 is 11.6 Å². The summed E-state index contributed by atoms with van der Waals surface area (Å²) in [5.74, 6) is 0.387. The van der Waals surface area contributed by atoms with Gasteiger partial charge < -0.3 is 4.84 Å². The molecule has 2 heterocycles. The van der Waals surface area contributed by atoms with E-state index in [0.29, 0.717) is 28.5 Å². The van der Waals surface area contributed by atoms with Crippen molar-refractivity contribution < 1.29 is 9.63 Å². The topological polar surface area (TPSA) is 69.4 Å². The van der Waals surface area contributed by atoms with Gasteiger partial charge in [-0.2, -0.15) is 5.10 Å². The molecule has 0 aromatic carbocycles. The van der Waals surface area contributed by atoms with Gasteiger partial charge in [0.15, 0.2) is 12.1 Å². The third-order valence-corrected chi connectivity index (χ3v) is 2.40. The standard InChI is InChI=1S/C11H9ClN4O2/c1-18-14-6-8-5-9(7-17)16(15-8)11-10(12)3-2-4-13-11/h2-7H,1H3/b14-6+. The van der Waals surface area contributed by atoms with Crippen molar-refractivity contribution >= 4 is 24.1 Å². The van der Waals surface area contributed by atoms with Gasteiger partial charge in [0.25, 0.3) is 0 Å². The van der Waals surface area contributed by atoms with E-state index < -0.39 is 0 Å². The molecule has 2 rings (SSSR count). The monoisotopic (exact) mass is 264 g/mol. The zero-order valence-electron chi connectivity index (χ0n) is 9.45. The predicted molar refractivity (Wildman–Crippen MR) is 66.4 cm³/mol. The number of nitrogens with zero attached hydrogens (tertiary/aromatic N) is 4. The first-order chi connectivity index (χ1) is 8.76. The van der Waals surface area contributed by atoms with E-state index in [9.17, 15) is 4.79 Å². The quantitative estimate of drug-likeness (QED) is 0.479. The van der Waals surface area contributed by atoms with Gasteiger partial charge in [0.05, 0.1) is 11.2 Å². The summed E-state index contributed by atoms with van der Waals surface area (Å²) in [7, 11) is 1.42. The van der Waals surface area contributed by atoms with Crippen LogP contribution in [0.5, 0.6) is 0 Å². The molecule has 0 saturated carbocycles. The van der Waals surface area contributed by atoms with Gasteiger partial charge in [-0.25, -0.2) is 9.67 Å². The Balaban J connectivity index is 2.50. The number of carbonyl (C=O) groups excluding carboxylic acids is 1. The van der Waals surface area contributed by atoms with E-state index in [1.165, 1.54) is 18.0 Å². The Bertz CT molecular complexity index is 594. The average molecular weight is 265 g/mol. The minimum Gasteiger partial charge on any atom is -0.399 e. The van der Waals surface area contributed by atoms with Crippen LogP contribution in [0, 0.1) is 0 Å². The number of hydrogen-bond acceptors (Lipinski definition) is 5. The summed E-state index contributed by atoms with van der Waals surface area (Å²) < 4.78 is 1.35. The highest BCUT2D eigenvalue weighted by atomic mass is 35.5. The molecule has 0 N–H and O–H groups in total. The Morgan fingerprint density at radius 1 is 1.56 bits per heavy atom. The number of aldehydes is 1. The normalized spacial score (nSPS) is 10.8. The van der Waals surface area contributed by atoms with Crippen molar-refractivity contribution in [2.75, 3.05) is 7.11 Å². The van der Waals surface area contributed by atoms with Crippen LogP contribution < -0.4 is 0 Å². The first-order valence-corrected chi connectivity index (χ1v) is 5.36. The minimum atomic E-state index is 0.327. The first kappa shape index (κ1) is 12.3. The van der Waals surface area contributed by atoms with Crippen molar-refractivity contribution in [3.05, 3.63) is 40.8 Å². The van der Waals surface area contributed by atoms with Crippen LogP contribution in [-0.2, 0) is 4.84 Å². The van der Waals surface area contributed by atoms with E-state index in [2.05, 4.69) is 20.1 Å². The van der Waals surface area contributed by atoms with Gasteiger partial charge in [0.2, 0.25) is 0 Å². The van der Waals surface area contributed by atoms with Crippen molar-refractivity contribution in [2.45, 2.75) is 0 Å². The molecule has 0 amide bonds. The molecule has 0 fully saturated rings. The summed E-state index contributed by atoms with van der Waals surface area (Å²) in [6, 6.07) is 4.92. The number of halogens is 1. The molecular weight excluding hydrogens is 256 g/mol. The lowest BCUT2D eigenvalue weighted by Crippen LogP contribution is -2.04. The van der Waals surface area contributed by atoms with Crippen LogP contribution in [0.3, 0.4) is 0 Å². The smallest absolute Gasteiger partial charge is 0.172 e. The Kier molecular flexibility index (Phi) is 3.69. The van der Waals surface area contributed by atoms with Gasteiger partial charge in [-0.3, -0.25) is 4.79 Å². The molecule has 2 aromatic heterocycles. The Labute approximate surface area is 108 Å². The molecule has 0 saturated heterocycles. The highest BCUT2D eigenvalue weighted by molar-refractivity contribution is 6.32. The lowest BCUT2D eigenvalue weighted by molar-refractivity contribution is 0.111. The maximum absolute atomic E-state index is 11.0. The predicted octanol–water partition coefficient (Wildman–Crippen LogP) is 1.71. The summed E-state index contributed by atoms with van der Waals surface area (Å²) in [5.41, 5.74) is 0.800. The van der Waals surface area contributed by atoms with E-state index in [1.54, 1.807) is 24.4 Å². The van der Waals surface area contributed by atoms with E-state index in [4.69, 9.17) is 11.6 Å². The second-order valence-corrected chi connectivity index (χ2v) is 3.66. The van der Waals surface area contributed by atoms with Crippen LogP contribution in [0.4, 0.5) is 0 Å². The number of aromatic nitrogens is 3. The maximum atomic E-state index is 11.0. The molecule has 0 radical (unpaired) electrons. The summed E-state index contributed by atoms with van der Waals surface area (Å²) >= 11 is 6.00. The zero-order chi connectivity index (χ0) is 13.0. The zero-order valence-corrected chi connectivity index (χ0v) is 10.2. The average Bonchev–Trinajstić information content (AvgIpc) is 2.80. The molecule has 0 aliphatic rings. The number of carbonyl (C=O) groups is 1. The van der Waals surface area contributed by atoms with Crippen molar-refractivity contribution in [3.8, 4) is 5.82 Å². The van der Waals surface area contributed by atoms with Gasteiger partial charge in [0.1, 0.15) is 18.5 Å². The molecule has 0 aliphatic carbocycles. The fraction of sp³-hybridized carbons (Fsp3) is 0.0909. The third-order valence-electron chi connectivity index (χ3n) is 2.11. The Morgan fingerprint density at radius 2 is 2.39 bits per heavy atom. The van der Waals surface area contributed by atoms with Gasteiger partial charge in [-0.05, 0) is 18.2 Å². The maximum Gasteiger partial charge on any atom is 0.172 e. The fourth-order valence-corrected chi connectivity index (χ4v) is 1.57. The molecule has 92 valence electrons. The van der Waals surface area contributed by atoms with Crippen LogP contribution in [0.2, 0.25) is 5.02 Å². The van der Waals surface area contributed by atoms with Crippen molar-refractivity contribution in [1.82, 2.24) is 14.8 Å². The second kappa shape index (κ2) is 5.42. The largest absolute Gasteiger partial charge is 0.399 e. The molecule has 7 heteroatoms. The van der Waals surface area contributed by atoms with Crippen molar-refractivity contribution in [1.29, 1.82) is 0 Å². The molecule has 0 bridgehead atoms.